The van der Waals surface area contributed by atoms with Crippen molar-refractivity contribution in [3.8, 4) is 0 Å². The molecule has 3 saturated heterocycles. The zero-order chi connectivity index (χ0) is 35.1. The summed E-state index contributed by atoms with van der Waals surface area (Å²) >= 11 is 0. The Kier molecular flexibility index (Phi) is 17.0. The van der Waals surface area contributed by atoms with Crippen LogP contribution in [-0.2, 0) is 31.5 Å². The monoisotopic (exact) mass is 798 g/mol. The largest absolute Gasteiger partial charge is 0.394 e. The Morgan fingerprint density at radius 1 is 0.396 bits per heavy atom. The smallest absolute Gasteiger partial charge is 0.142 e. The van der Waals surface area contributed by atoms with Crippen LogP contribution in [0.1, 0.15) is 16.7 Å². The number of aliphatic hydroxyl groups is 12. The molecule has 0 radical (unpaired) electrons. The van der Waals surface area contributed by atoms with Gasteiger partial charge in [-0.25, -0.2) is 0 Å². The fraction of sp³-hybridized carbons (Fsp3) is 0.778. The Morgan fingerprint density at radius 2 is 0.646 bits per heavy atom. The number of ether oxygens (including phenoxy) is 3. The van der Waals surface area contributed by atoms with E-state index in [0.29, 0.717) is 17.3 Å². The van der Waals surface area contributed by atoms with Gasteiger partial charge < -0.3 is 75.5 Å². The topological polar surface area (TPSA) is 270 Å². The van der Waals surface area contributed by atoms with Crippen molar-refractivity contribution in [3.05, 3.63) is 34.9 Å². The Hall–Kier alpha value is 0.720. The summed E-state index contributed by atoms with van der Waals surface area (Å²) in [4.78, 5) is 0. The highest BCUT2D eigenvalue weighted by Crippen LogP contribution is 2.41. The van der Waals surface area contributed by atoms with E-state index in [0.717, 1.165) is 49.1 Å². The van der Waals surface area contributed by atoms with E-state index in [2.05, 4.69) is 0 Å². The highest BCUT2D eigenvalue weighted by atomic mass is 33.1. The van der Waals surface area contributed by atoms with Gasteiger partial charge in [0, 0.05) is 17.3 Å². The average molecular weight is 799 g/mol. The maximum atomic E-state index is 10.4. The Labute approximate surface area is 300 Å². The molecule has 0 spiro atoms. The van der Waals surface area contributed by atoms with Gasteiger partial charge in [0.15, 0.2) is 0 Å². The molecule has 3 aliphatic rings. The molecule has 0 aromatic heterocycles. The van der Waals surface area contributed by atoms with Crippen LogP contribution in [-0.4, -0.2) is 171 Å². The second kappa shape index (κ2) is 19.7. The summed E-state index contributed by atoms with van der Waals surface area (Å²) in [6.07, 6.45) is -16.0. The highest BCUT2D eigenvalue weighted by Gasteiger charge is 2.46. The van der Waals surface area contributed by atoms with E-state index in [1.54, 1.807) is 0 Å². The summed E-state index contributed by atoms with van der Waals surface area (Å²) in [5.74, 6) is 1.28. The Bertz CT molecular complexity index is 982. The van der Waals surface area contributed by atoms with Crippen molar-refractivity contribution < 1.29 is 75.5 Å². The second-order valence-corrected chi connectivity index (χ2v) is 18.7. The summed E-state index contributed by atoms with van der Waals surface area (Å²) in [5.41, 5.74) is -0.109. The van der Waals surface area contributed by atoms with Crippen molar-refractivity contribution >= 4 is 64.8 Å². The standard InChI is InChI=1S/C27H42O15S6/c28-4-13-16(31)19(34)22(37)25(40-13)46-43-7-10-1-11(8-44-47-26-23(38)20(35)17(32)14(5-29)41-26)3-12(2-10)9-45-48-27-24(39)21(36)18(33)15(6-30)42-27/h1-3,13-39H,4-9H2/t13-,14-,15-,16-,17-,18-,19+,20+,21+,22+,23+,24+,25-,26-,27-/m1/s1. The first-order valence-corrected chi connectivity index (χ1v) is 21.9. The van der Waals surface area contributed by atoms with Gasteiger partial charge in [0.25, 0.3) is 0 Å². The molecule has 1 aromatic carbocycles. The summed E-state index contributed by atoms with van der Waals surface area (Å²) in [5, 5.41) is 120. The highest BCUT2D eigenvalue weighted by molar-refractivity contribution is 8.77. The molecule has 3 fully saturated rings. The third-order valence-corrected chi connectivity index (χ3v) is 15.3. The van der Waals surface area contributed by atoms with E-state index in [9.17, 15) is 61.3 Å². The molecule has 3 aliphatic heterocycles. The van der Waals surface area contributed by atoms with Gasteiger partial charge in [0.1, 0.15) is 89.6 Å². The quantitative estimate of drug-likeness (QED) is 0.0835. The molecular weight excluding hydrogens is 757 g/mol. The van der Waals surface area contributed by atoms with Crippen LogP contribution in [0.2, 0.25) is 0 Å². The van der Waals surface area contributed by atoms with Crippen LogP contribution in [0.25, 0.3) is 0 Å². The molecule has 15 nitrogen and oxygen atoms in total. The Morgan fingerprint density at radius 3 is 0.875 bits per heavy atom. The molecule has 276 valence electrons. The first-order valence-electron chi connectivity index (χ1n) is 14.8. The molecule has 21 heteroatoms. The molecule has 0 aliphatic carbocycles. The minimum absolute atomic E-state index is 0.426. The van der Waals surface area contributed by atoms with Crippen LogP contribution in [0.15, 0.2) is 18.2 Å². The molecular formula is C27H42O15S6. The van der Waals surface area contributed by atoms with Crippen LogP contribution < -0.4 is 0 Å². The van der Waals surface area contributed by atoms with Crippen LogP contribution in [0.5, 0.6) is 0 Å². The van der Waals surface area contributed by atoms with Crippen molar-refractivity contribution in [2.45, 2.75) is 107 Å². The lowest BCUT2D eigenvalue weighted by atomic mass is 10.0. The number of hydrogen-bond acceptors (Lipinski definition) is 21. The molecule has 0 saturated carbocycles. The predicted octanol–water partition coefficient (Wildman–Crippen LogP) is -2.27. The van der Waals surface area contributed by atoms with Crippen molar-refractivity contribution in [1.29, 1.82) is 0 Å². The number of rotatable bonds is 15. The molecule has 48 heavy (non-hydrogen) atoms. The predicted molar refractivity (Wildman–Crippen MR) is 184 cm³/mol. The molecule has 12 N–H and O–H groups in total. The van der Waals surface area contributed by atoms with E-state index in [1.165, 1.54) is 32.4 Å². The number of hydrogen-bond donors (Lipinski definition) is 12. The van der Waals surface area contributed by atoms with Crippen molar-refractivity contribution in [3.63, 3.8) is 0 Å². The first kappa shape index (κ1) is 41.5. The lowest BCUT2D eigenvalue weighted by molar-refractivity contribution is -0.205. The summed E-state index contributed by atoms with van der Waals surface area (Å²) in [7, 11) is 7.41. The van der Waals surface area contributed by atoms with Crippen LogP contribution >= 0.6 is 64.8 Å². The van der Waals surface area contributed by atoms with E-state index in [4.69, 9.17) is 14.2 Å². The maximum Gasteiger partial charge on any atom is 0.142 e. The summed E-state index contributed by atoms with van der Waals surface area (Å²) < 4.78 is 16.7. The van der Waals surface area contributed by atoms with Gasteiger partial charge >= 0.3 is 0 Å². The normalized spacial score (nSPS) is 40.6. The second-order valence-electron chi connectivity index (χ2n) is 11.3. The molecule has 15 atom stereocenters. The van der Waals surface area contributed by atoms with Crippen molar-refractivity contribution in [2.24, 2.45) is 0 Å². The maximum absolute atomic E-state index is 10.4. The van der Waals surface area contributed by atoms with Crippen LogP contribution in [0.3, 0.4) is 0 Å². The third kappa shape index (κ3) is 10.4. The van der Waals surface area contributed by atoms with Crippen molar-refractivity contribution in [2.75, 3.05) is 19.8 Å². The van der Waals surface area contributed by atoms with E-state index < -0.39 is 109 Å². The van der Waals surface area contributed by atoms with Crippen molar-refractivity contribution in [1.82, 2.24) is 0 Å². The number of aliphatic hydroxyl groups excluding tert-OH is 12. The van der Waals surface area contributed by atoms with Gasteiger partial charge in [0.2, 0.25) is 0 Å². The SMILES string of the molecule is OC[C@H]1O[C@H](SSCc2cc(CSS[C@H]3O[C@H](CO)[C@@H](O)[C@H](O)[C@@H]3O)cc(CSS[C@H]3O[C@H](CO)[C@@H](O)[C@H](O)[C@@H]3O)c2)[C@@H](O)[C@@H](O)[C@@H]1O. The van der Waals surface area contributed by atoms with Crippen LogP contribution in [0.4, 0.5) is 0 Å². The van der Waals surface area contributed by atoms with E-state index in [-0.39, 0.29) is 0 Å². The molecule has 4 rings (SSSR count). The van der Waals surface area contributed by atoms with Gasteiger partial charge in [-0.15, -0.1) is 0 Å². The zero-order valence-electron chi connectivity index (χ0n) is 25.2. The third-order valence-electron chi connectivity index (χ3n) is 7.82. The van der Waals surface area contributed by atoms with E-state index in [1.807, 2.05) is 18.2 Å². The summed E-state index contributed by atoms with van der Waals surface area (Å²) in [6.45, 7) is -1.60. The fourth-order valence-electron chi connectivity index (χ4n) is 5.04. The van der Waals surface area contributed by atoms with Crippen LogP contribution in [0, 0.1) is 0 Å². The van der Waals surface area contributed by atoms with E-state index >= 15 is 0 Å². The minimum Gasteiger partial charge on any atom is -0.394 e. The summed E-state index contributed by atoms with van der Waals surface area (Å²) in [6, 6.07) is 5.84. The van der Waals surface area contributed by atoms with Gasteiger partial charge in [-0.2, -0.15) is 0 Å². The lowest BCUT2D eigenvalue weighted by Crippen LogP contribution is -2.57. The zero-order valence-corrected chi connectivity index (χ0v) is 30.1. The van der Waals surface area contributed by atoms with Gasteiger partial charge in [-0.1, -0.05) is 83.0 Å². The Balaban J connectivity index is 1.40. The fourth-order valence-corrected chi connectivity index (χ4v) is 12.4. The molecule has 0 unspecified atom stereocenters. The number of benzene rings is 1. The van der Waals surface area contributed by atoms with Gasteiger partial charge in [-0.3, -0.25) is 0 Å². The molecule has 3 heterocycles. The minimum atomic E-state index is -1.49. The molecule has 0 bridgehead atoms. The lowest BCUT2D eigenvalue weighted by Gasteiger charge is -2.39. The average Bonchev–Trinajstić information content (AvgIpc) is 3.08. The first-order chi connectivity index (χ1) is 22.9. The van der Waals surface area contributed by atoms with Gasteiger partial charge in [-0.05, 0) is 16.7 Å². The van der Waals surface area contributed by atoms with Gasteiger partial charge in [0.05, 0.1) is 19.8 Å². The molecule has 1 aromatic rings. The molecule has 0 amide bonds.